The van der Waals surface area contributed by atoms with Crippen molar-refractivity contribution >= 4 is 5.52 Å². The van der Waals surface area contributed by atoms with E-state index in [0.29, 0.717) is 12.0 Å². The summed E-state index contributed by atoms with van der Waals surface area (Å²) in [6, 6.07) is 7.09. The minimum atomic E-state index is 0.679. The van der Waals surface area contributed by atoms with Gasteiger partial charge in [-0.25, -0.2) is 4.98 Å². The Kier molecular flexibility index (Phi) is 4.83. The third-order valence-electron chi connectivity index (χ3n) is 5.97. The highest BCUT2D eigenvalue weighted by molar-refractivity contribution is 5.53. The van der Waals surface area contributed by atoms with Gasteiger partial charge in [-0.1, -0.05) is 19.9 Å². The quantitative estimate of drug-likeness (QED) is 0.831. The number of aromatic nitrogens is 2. The number of hydrogen-bond donors (Lipinski definition) is 0. The van der Waals surface area contributed by atoms with E-state index in [2.05, 4.69) is 59.4 Å². The van der Waals surface area contributed by atoms with E-state index in [0.717, 1.165) is 18.3 Å². The topological polar surface area (TPSA) is 23.8 Å². The fourth-order valence-electron chi connectivity index (χ4n) is 4.36. The van der Waals surface area contributed by atoms with E-state index in [9.17, 15) is 0 Å². The molecule has 4 nitrogen and oxygen atoms in total. The Morgan fingerprint density at radius 3 is 2.80 bits per heavy atom. The van der Waals surface area contributed by atoms with E-state index in [-0.39, 0.29) is 0 Å². The summed E-state index contributed by atoms with van der Waals surface area (Å²) in [7, 11) is 0. The Labute approximate surface area is 151 Å². The first-order valence-corrected chi connectivity index (χ1v) is 10.0. The zero-order valence-electron chi connectivity index (χ0n) is 16.0. The van der Waals surface area contributed by atoms with Crippen molar-refractivity contribution in [2.75, 3.05) is 26.2 Å². The van der Waals surface area contributed by atoms with E-state index in [1.807, 2.05) is 0 Å². The highest BCUT2D eigenvalue weighted by Gasteiger charge is 2.32. The van der Waals surface area contributed by atoms with Crippen molar-refractivity contribution < 1.29 is 0 Å². The van der Waals surface area contributed by atoms with Crippen molar-refractivity contribution in [1.29, 1.82) is 0 Å². The van der Waals surface area contributed by atoms with Crippen molar-refractivity contribution in [3.8, 4) is 0 Å². The number of hydrogen-bond acceptors (Lipinski definition) is 3. The number of fused-ring (bicyclic) bond motifs is 1. The van der Waals surface area contributed by atoms with Crippen LogP contribution in [0.5, 0.6) is 0 Å². The zero-order valence-corrected chi connectivity index (χ0v) is 16.0. The average Bonchev–Trinajstić information content (AvgIpc) is 3.38. The lowest BCUT2D eigenvalue weighted by Gasteiger charge is -2.34. The molecule has 2 aliphatic rings. The smallest absolute Gasteiger partial charge is 0.110 e. The molecule has 0 N–H and O–H groups in total. The lowest BCUT2D eigenvalue weighted by molar-refractivity contribution is 0.131. The maximum atomic E-state index is 4.87. The van der Waals surface area contributed by atoms with Crippen molar-refractivity contribution in [3.05, 3.63) is 35.9 Å². The van der Waals surface area contributed by atoms with Gasteiger partial charge < -0.3 is 4.40 Å². The summed E-state index contributed by atoms with van der Waals surface area (Å²) in [4.78, 5) is 10.3. The third kappa shape index (κ3) is 3.75. The molecule has 25 heavy (non-hydrogen) atoms. The monoisotopic (exact) mass is 340 g/mol. The molecule has 2 aromatic rings. The molecule has 4 rings (SSSR count). The maximum Gasteiger partial charge on any atom is 0.110 e. The predicted octanol–water partition coefficient (Wildman–Crippen LogP) is 3.59. The average molecular weight is 341 g/mol. The van der Waals surface area contributed by atoms with Gasteiger partial charge in [0, 0.05) is 31.9 Å². The number of pyridine rings is 1. The van der Waals surface area contributed by atoms with Crippen LogP contribution < -0.4 is 0 Å². The molecule has 136 valence electrons. The van der Waals surface area contributed by atoms with Crippen LogP contribution >= 0.6 is 0 Å². The molecule has 0 bridgehead atoms. The van der Waals surface area contributed by atoms with Gasteiger partial charge in [-0.15, -0.1) is 0 Å². The van der Waals surface area contributed by atoms with Crippen LogP contribution in [0.25, 0.3) is 5.52 Å². The SMILES string of the molecule is Cc1nc(CN2CCCN(CC3CC3)[C@H](C(C)C)C2)c2ccccn12. The first-order chi connectivity index (χ1) is 12.1. The zero-order chi connectivity index (χ0) is 17.4. The number of nitrogens with zero attached hydrogens (tertiary/aromatic N) is 4. The first kappa shape index (κ1) is 17.0. The third-order valence-corrected chi connectivity index (χ3v) is 5.97. The molecule has 4 heteroatoms. The summed E-state index contributed by atoms with van der Waals surface area (Å²) < 4.78 is 2.21. The molecule has 0 aromatic carbocycles. The van der Waals surface area contributed by atoms with Crippen molar-refractivity contribution in [3.63, 3.8) is 0 Å². The highest BCUT2D eigenvalue weighted by atomic mass is 15.3. The van der Waals surface area contributed by atoms with Crippen molar-refractivity contribution in [2.45, 2.75) is 52.6 Å². The van der Waals surface area contributed by atoms with Gasteiger partial charge in [0.2, 0.25) is 0 Å². The van der Waals surface area contributed by atoms with E-state index in [1.165, 1.54) is 56.7 Å². The molecule has 0 unspecified atom stereocenters. The molecule has 3 heterocycles. The summed E-state index contributed by atoms with van der Waals surface area (Å²) in [6.45, 7) is 12.8. The number of rotatable bonds is 5. The second kappa shape index (κ2) is 7.08. The van der Waals surface area contributed by atoms with Gasteiger partial charge >= 0.3 is 0 Å². The normalized spacial score (nSPS) is 23.4. The molecule has 2 fully saturated rings. The summed E-state index contributed by atoms with van der Waals surface area (Å²) in [5, 5.41) is 0. The van der Waals surface area contributed by atoms with Crippen LogP contribution in [-0.4, -0.2) is 51.4 Å². The van der Waals surface area contributed by atoms with Gasteiger partial charge in [-0.2, -0.15) is 0 Å². The summed E-state index contributed by atoms with van der Waals surface area (Å²) >= 11 is 0. The molecule has 1 saturated heterocycles. The highest BCUT2D eigenvalue weighted by Crippen LogP contribution is 2.32. The molecular weight excluding hydrogens is 308 g/mol. The summed E-state index contributed by atoms with van der Waals surface area (Å²) in [5.41, 5.74) is 2.50. The Bertz CT molecular complexity index is 716. The van der Waals surface area contributed by atoms with Gasteiger partial charge in [0.25, 0.3) is 0 Å². The van der Waals surface area contributed by atoms with E-state index in [4.69, 9.17) is 4.98 Å². The molecular formula is C21H32N4. The number of aryl methyl sites for hydroxylation is 1. The van der Waals surface area contributed by atoms with Crippen LogP contribution in [0.1, 0.15) is 44.6 Å². The molecule has 0 radical (unpaired) electrons. The minimum Gasteiger partial charge on any atom is -0.304 e. The van der Waals surface area contributed by atoms with Gasteiger partial charge in [0.05, 0.1) is 11.2 Å². The van der Waals surface area contributed by atoms with Gasteiger partial charge in [-0.3, -0.25) is 9.80 Å². The summed E-state index contributed by atoms with van der Waals surface area (Å²) in [5.74, 6) is 2.78. The fraction of sp³-hybridized carbons (Fsp3) is 0.667. The lowest BCUT2D eigenvalue weighted by Crippen LogP contribution is -2.45. The van der Waals surface area contributed by atoms with Crippen LogP contribution in [0.15, 0.2) is 24.4 Å². The Hall–Kier alpha value is -1.39. The Balaban J connectivity index is 1.51. The predicted molar refractivity (Wildman–Crippen MR) is 103 cm³/mol. The van der Waals surface area contributed by atoms with Crippen LogP contribution in [0.3, 0.4) is 0 Å². The molecule has 0 spiro atoms. The second-order valence-corrected chi connectivity index (χ2v) is 8.40. The fourth-order valence-corrected chi connectivity index (χ4v) is 4.36. The van der Waals surface area contributed by atoms with Gasteiger partial charge in [0.15, 0.2) is 0 Å². The van der Waals surface area contributed by atoms with Crippen LogP contribution in [0.4, 0.5) is 0 Å². The molecule has 1 atom stereocenters. The van der Waals surface area contributed by atoms with E-state index in [1.54, 1.807) is 0 Å². The molecule has 1 aliphatic heterocycles. The standard InChI is InChI=1S/C21H32N4/c1-16(2)21-15-23(10-6-11-24(21)13-18-8-9-18)14-19-20-7-4-5-12-25(20)17(3)22-19/h4-5,7,12,16,18,21H,6,8-11,13-15H2,1-3H3/t21-/m0/s1. The van der Waals surface area contributed by atoms with Crippen LogP contribution in [-0.2, 0) is 6.54 Å². The molecule has 1 saturated carbocycles. The van der Waals surface area contributed by atoms with Crippen LogP contribution in [0, 0.1) is 18.8 Å². The van der Waals surface area contributed by atoms with E-state index >= 15 is 0 Å². The Morgan fingerprint density at radius 1 is 1.20 bits per heavy atom. The largest absolute Gasteiger partial charge is 0.304 e. The maximum absolute atomic E-state index is 4.87. The van der Waals surface area contributed by atoms with E-state index < -0.39 is 0 Å². The van der Waals surface area contributed by atoms with Crippen molar-refractivity contribution in [2.24, 2.45) is 11.8 Å². The lowest BCUT2D eigenvalue weighted by atomic mass is 10.0. The van der Waals surface area contributed by atoms with Crippen LogP contribution in [0.2, 0.25) is 0 Å². The Morgan fingerprint density at radius 2 is 2.04 bits per heavy atom. The molecule has 1 aliphatic carbocycles. The molecule has 0 amide bonds. The van der Waals surface area contributed by atoms with Gasteiger partial charge in [0.1, 0.15) is 5.82 Å². The minimum absolute atomic E-state index is 0.679. The molecule has 2 aromatic heterocycles. The number of imidazole rings is 1. The van der Waals surface area contributed by atoms with Gasteiger partial charge in [-0.05, 0) is 63.2 Å². The van der Waals surface area contributed by atoms with Crippen molar-refractivity contribution in [1.82, 2.24) is 19.2 Å². The first-order valence-electron chi connectivity index (χ1n) is 10.0. The summed E-state index contributed by atoms with van der Waals surface area (Å²) in [6.07, 6.45) is 6.30. The second-order valence-electron chi connectivity index (χ2n) is 8.40.